The van der Waals surface area contributed by atoms with E-state index < -0.39 is 24.4 Å². The van der Waals surface area contributed by atoms with E-state index in [9.17, 15) is 5.11 Å². The number of rotatable bonds is 3. The molecule has 2 heterocycles. The van der Waals surface area contributed by atoms with Crippen LogP contribution in [0.5, 0.6) is 0 Å². The van der Waals surface area contributed by atoms with Crippen LogP contribution in [0.3, 0.4) is 0 Å². The Morgan fingerprint density at radius 1 is 1.30 bits per heavy atom. The van der Waals surface area contributed by atoms with Crippen LogP contribution >= 0.6 is 0 Å². The van der Waals surface area contributed by atoms with Gasteiger partial charge in [0.2, 0.25) is 0 Å². The van der Waals surface area contributed by atoms with Crippen LogP contribution in [0.25, 0.3) is 0 Å². The molecular formula is C14H23BN2O3. The zero-order chi connectivity index (χ0) is 15.1. The van der Waals surface area contributed by atoms with Gasteiger partial charge in [-0.2, -0.15) is 0 Å². The molecule has 1 aromatic heterocycles. The normalized spacial score (nSPS) is 22.0. The summed E-state index contributed by atoms with van der Waals surface area (Å²) < 4.78 is 12.0. The highest BCUT2D eigenvalue weighted by Gasteiger charge is 2.52. The summed E-state index contributed by atoms with van der Waals surface area (Å²) in [5.74, 6) is 0. The second-order valence-corrected chi connectivity index (χ2v) is 6.45. The van der Waals surface area contributed by atoms with Crippen LogP contribution in [0.1, 0.15) is 40.2 Å². The number of nitrogen functional groups attached to an aromatic ring is 1. The molecule has 1 aliphatic rings. The molecule has 5 nitrogen and oxygen atoms in total. The van der Waals surface area contributed by atoms with Crippen molar-refractivity contribution in [2.24, 2.45) is 0 Å². The Hall–Kier alpha value is -1.11. The fraction of sp³-hybridized carbons (Fsp3) is 0.643. The van der Waals surface area contributed by atoms with E-state index in [1.807, 2.05) is 33.8 Å². The first-order valence-electron chi connectivity index (χ1n) is 6.90. The summed E-state index contributed by atoms with van der Waals surface area (Å²) in [5.41, 5.74) is 7.08. The lowest BCUT2D eigenvalue weighted by atomic mass is 9.79. The summed E-state index contributed by atoms with van der Waals surface area (Å²) in [6, 6.07) is 1.82. The second-order valence-electron chi connectivity index (χ2n) is 6.45. The summed E-state index contributed by atoms with van der Waals surface area (Å²) in [4.78, 5) is 4.36. The molecule has 2 rings (SSSR count). The predicted molar refractivity (Wildman–Crippen MR) is 79.8 cm³/mol. The van der Waals surface area contributed by atoms with Crippen LogP contribution in [-0.4, -0.2) is 34.5 Å². The van der Waals surface area contributed by atoms with Crippen molar-refractivity contribution in [1.29, 1.82) is 0 Å². The number of pyridine rings is 1. The van der Waals surface area contributed by atoms with Crippen molar-refractivity contribution in [2.45, 2.75) is 58.3 Å². The van der Waals surface area contributed by atoms with Crippen LogP contribution < -0.4 is 11.3 Å². The molecule has 0 aromatic carbocycles. The first-order chi connectivity index (χ1) is 9.12. The molecule has 0 saturated carbocycles. The van der Waals surface area contributed by atoms with E-state index in [-0.39, 0.29) is 0 Å². The molecule has 0 aliphatic carbocycles. The summed E-state index contributed by atoms with van der Waals surface area (Å²) in [6.45, 7) is 9.73. The first-order valence-corrected chi connectivity index (χ1v) is 6.90. The Labute approximate surface area is 120 Å². The van der Waals surface area contributed by atoms with Crippen LogP contribution in [-0.2, 0) is 15.7 Å². The molecule has 1 unspecified atom stereocenters. The predicted octanol–water partition coefficient (Wildman–Crippen LogP) is 0.886. The van der Waals surface area contributed by atoms with E-state index in [1.165, 1.54) is 0 Å². The van der Waals surface area contributed by atoms with Crippen LogP contribution in [0.4, 0.5) is 5.69 Å². The van der Waals surface area contributed by atoms with Crippen molar-refractivity contribution < 1.29 is 14.4 Å². The lowest BCUT2D eigenvalue weighted by Gasteiger charge is -2.32. The summed E-state index contributed by atoms with van der Waals surface area (Å²) in [6.07, 6.45) is 1.59. The van der Waals surface area contributed by atoms with Crippen molar-refractivity contribution in [2.75, 3.05) is 5.73 Å². The number of hydrogen-bond donors (Lipinski definition) is 2. The Morgan fingerprint density at radius 3 is 2.35 bits per heavy atom. The number of nitrogens with zero attached hydrogens (tertiary/aromatic N) is 1. The maximum absolute atomic E-state index is 9.62. The van der Waals surface area contributed by atoms with Gasteiger partial charge < -0.3 is 20.1 Å². The third kappa shape index (κ3) is 2.82. The second kappa shape index (κ2) is 5.02. The Kier molecular flexibility index (Phi) is 3.84. The highest BCUT2D eigenvalue weighted by atomic mass is 16.7. The van der Waals surface area contributed by atoms with Gasteiger partial charge in [-0.3, -0.25) is 4.98 Å². The van der Waals surface area contributed by atoms with Crippen molar-refractivity contribution in [3.05, 3.63) is 17.8 Å². The minimum absolute atomic E-state index is 0.414. The number of anilines is 1. The minimum Gasteiger partial charge on any atom is -0.398 e. The van der Waals surface area contributed by atoms with E-state index in [4.69, 9.17) is 15.0 Å². The van der Waals surface area contributed by atoms with Gasteiger partial charge in [-0.05, 0) is 52.7 Å². The molecule has 1 aliphatic heterocycles. The van der Waals surface area contributed by atoms with Crippen LogP contribution in [0, 0.1) is 0 Å². The van der Waals surface area contributed by atoms with Crippen molar-refractivity contribution in [1.82, 2.24) is 4.98 Å². The van der Waals surface area contributed by atoms with Gasteiger partial charge in [0.1, 0.15) is 0 Å². The summed E-state index contributed by atoms with van der Waals surface area (Å²) in [5, 5.41) is 9.62. The van der Waals surface area contributed by atoms with Crippen LogP contribution in [0.15, 0.2) is 12.3 Å². The Balaban J connectivity index is 2.34. The van der Waals surface area contributed by atoms with Gasteiger partial charge >= 0.3 is 7.12 Å². The molecule has 6 heteroatoms. The third-order valence-corrected chi connectivity index (χ3v) is 4.01. The van der Waals surface area contributed by atoms with E-state index in [0.29, 0.717) is 17.7 Å². The molecule has 0 spiro atoms. The summed E-state index contributed by atoms with van der Waals surface area (Å²) >= 11 is 0. The number of nitrogens with two attached hydrogens (primary N) is 1. The first kappa shape index (κ1) is 15.3. The van der Waals surface area contributed by atoms with Crippen molar-refractivity contribution >= 4 is 18.4 Å². The number of aliphatic hydroxyl groups is 1. The van der Waals surface area contributed by atoms with Gasteiger partial charge in [0.05, 0.1) is 28.6 Å². The minimum atomic E-state index is -0.533. The highest BCUT2D eigenvalue weighted by molar-refractivity contribution is 6.61. The van der Waals surface area contributed by atoms with E-state index >= 15 is 0 Å². The van der Waals surface area contributed by atoms with Gasteiger partial charge in [-0.15, -0.1) is 0 Å². The molecule has 1 aromatic rings. The lowest BCUT2D eigenvalue weighted by molar-refractivity contribution is 0.00578. The molecule has 0 amide bonds. The van der Waals surface area contributed by atoms with Gasteiger partial charge in [0.25, 0.3) is 0 Å². The van der Waals surface area contributed by atoms with Crippen molar-refractivity contribution in [3.63, 3.8) is 0 Å². The Morgan fingerprint density at radius 2 is 1.85 bits per heavy atom. The average molecular weight is 278 g/mol. The molecule has 20 heavy (non-hydrogen) atoms. The molecule has 110 valence electrons. The molecule has 0 bridgehead atoms. The largest absolute Gasteiger partial charge is 0.514 e. The van der Waals surface area contributed by atoms with Gasteiger partial charge in [-0.1, -0.05) is 0 Å². The monoisotopic (exact) mass is 278 g/mol. The molecule has 1 fully saturated rings. The topological polar surface area (TPSA) is 77.6 Å². The zero-order valence-electron chi connectivity index (χ0n) is 12.8. The third-order valence-electron chi connectivity index (χ3n) is 4.01. The maximum Gasteiger partial charge on any atom is 0.514 e. The average Bonchev–Trinajstić information content (AvgIpc) is 2.46. The zero-order valence-corrected chi connectivity index (χ0v) is 12.8. The smallest absolute Gasteiger partial charge is 0.398 e. The fourth-order valence-electron chi connectivity index (χ4n) is 2.19. The quantitative estimate of drug-likeness (QED) is 0.803. The van der Waals surface area contributed by atoms with E-state index in [0.717, 1.165) is 5.56 Å². The van der Waals surface area contributed by atoms with Crippen molar-refractivity contribution in [3.8, 4) is 0 Å². The Bertz CT molecular complexity index is 487. The molecule has 1 atom stereocenters. The number of aromatic nitrogens is 1. The van der Waals surface area contributed by atoms with E-state index in [1.54, 1.807) is 13.1 Å². The maximum atomic E-state index is 9.62. The van der Waals surface area contributed by atoms with E-state index in [2.05, 4.69) is 4.98 Å². The van der Waals surface area contributed by atoms with Gasteiger partial charge in [-0.25, -0.2) is 0 Å². The molecular weight excluding hydrogens is 255 g/mol. The molecule has 0 radical (unpaired) electrons. The fourth-order valence-corrected chi connectivity index (χ4v) is 2.19. The molecule has 3 N–H and O–H groups in total. The van der Waals surface area contributed by atoms with Gasteiger partial charge in [0.15, 0.2) is 0 Å². The highest BCUT2D eigenvalue weighted by Crippen LogP contribution is 2.36. The standard InChI is InChI=1S/C14H23BN2O3/c1-9(18)6-10-7-11(16)8-17-12(10)15-19-13(2,3)14(4,5)20-15/h7-9,18H,6,16H2,1-5H3. The SMILES string of the molecule is CC(O)Cc1cc(N)cnc1B1OC(C)(C)C(C)(C)O1. The van der Waals surface area contributed by atoms with Crippen LogP contribution in [0.2, 0.25) is 0 Å². The molecule has 1 saturated heterocycles. The van der Waals surface area contributed by atoms with Gasteiger partial charge in [0, 0.05) is 6.20 Å². The number of aliphatic hydroxyl groups excluding tert-OH is 1. The lowest BCUT2D eigenvalue weighted by Crippen LogP contribution is -2.41. The number of hydrogen-bond acceptors (Lipinski definition) is 5. The summed E-state index contributed by atoms with van der Waals surface area (Å²) in [7, 11) is -0.533.